The first-order valence-electron chi connectivity index (χ1n) is 7.35. The third kappa shape index (κ3) is 4.66. The van der Waals surface area contributed by atoms with Crippen molar-refractivity contribution in [1.29, 1.82) is 0 Å². The van der Waals surface area contributed by atoms with Crippen molar-refractivity contribution in [3.8, 4) is 0 Å². The number of hydrogen-bond donors (Lipinski definition) is 2. The van der Waals surface area contributed by atoms with Crippen molar-refractivity contribution < 1.29 is 13.2 Å². The van der Waals surface area contributed by atoms with Gasteiger partial charge in [-0.15, -0.1) is 0 Å². The highest BCUT2D eigenvalue weighted by Gasteiger charge is 2.22. The molecule has 2 N–H and O–H groups in total. The van der Waals surface area contributed by atoms with Gasteiger partial charge < -0.3 is 5.32 Å². The minimum atomic E-state index is -3.76. The number of halogens is 1. The number of benzene rings is 2. The average molecular weight is 411 g/mol. The lowest BCUT2D eigenvalue weighted by atomic mass is 10.1. The van der Waals surface area contributed by atoms with Gasteiger partial charge in [0.1, 0.15) is 0 Å². The predicted molar refractivity (Wildman–Crippen MR) is 98.5 cm³/mol. The van der Waals surface area contributed by atoms with Gasteiger partial charge in [-0.25, -0.2) is 8.42 Å². The van der Waals surface area contributed by atoms with Crippen LogP contribution in [0.1, 0.15) is 18.1 Å². The van der Waals surface area contributed by atoms with E-state index in [1.54, 1.807) is 18.2 Å². The topological polar surface area (TPSA) is 75.3 Å². The maximum atomic E-state index is 12.3. The summed E-state index contributed by atoms with van der Waals surface area (Å²) in [4.78, 5) is 12.4. The molecule has 2 aromatic carbocycles. The maximum absolute atomic E-state index is 12.3. The van der Waals surface area contributed by atoms with E-state index in [1.807, 2.05) is 26.0 Å². The predicted octanol–water partition coefficient (Wildman–Crippen LogP) is 3.37. The second kappa shape index (κ2) is 7.46. The van der Waals surface area contributed by atoms with Crippen LogP contribution in [0.3, 0.4) is 0 Å². The molecule has 0 aliphatic carbocycles. The Morgan fingerprint density at radius 1 is 1.08 bits per heavy atom. The summed E-state index contributed by atoms with van der Waals surface area (Å²) in [5.41, 5.74) is 2.68. The number of nitrogens with one attached hydrogen (secondary N) is 2. The Bertz CT molecular complexity index is 849. The monoisotopic (exact) mass is 410 g/mol. The van der Waals surface area contributed by atoms with Crippen LogP contribution in [0, 0.1) is 13.8 Å². The SMILES string of the molecule is Cc1ccc(NC(=O)[C@@H](C)NS(=O)(=O)c2ccc(Br)cc2)c(C)c1. The average Bonchev–Trinajstić information content (AvgIpc) is 2.50. The third-order valence-corrected chi connectivity index (χ3v) is 5.57. The van der Waals surface area contributed by atoms with Gasteiger partial charge in [-0.2, -0.15) is 4.72 Å². The van der Waals surface area contributed by atoms with E-state index in [-0.39, 0.29) is 4.90 Å². The maximum Gasteiger partial charge on any atom is 0.242 e. The summed E-state index contributed by atoms with van der Waals surface area (Å²) in [5.74, 6) is -0.414. The lowest BCUT2D eigenvalue weighted by Crippen LogP contribution is -2.41. The fourth-order valence-electron chi connectivity index (χ4n) is 2.16. The number of rotatable bonds is 5. The molecule has 0 saturated carbocycles. The molecule has 24 heavy (non-hydrogen) atoms. The third-order valence-electron chi connectivity index (χ3n) is 3.49. The fourth-order valence-corrected chi connectivity index (χ4v) is 3.63. The van der Waals surface area contributed by atoms with Crippen LogP contribution in [0.4, 0.5) is 5.69 Å². The largest absolute Gasteiger partial charge is 0.324 e. The number of carbonyl (C=O) groups is 1. The summed E-state index contributed by atoms with van der Waals surface area (Å²) in [6.07, 6.45) is 0. The molecule has 5 nitrogen and oxygen atoms in total. The van der Waals surface area contributed by atoms with Gasteiger partial charge in [-0.1, -0.05) is 33.6 Å². The summed E-state index contributed by atoms with van der Waals surface area (Å²) in [6.45, 7) is 5.36. The van der Waals surface area contributed by atoms with Gasteiger partial charge >= 0.3 is 0 Å². The van der Waals surface area contributed by atoms with E-state index in [0.29, 0.717) is 5.69 Å². The highest BCUT2D eigenvalue weighted by molar-refractivity contribution is 9.10. The number of carbonyl (C=O) groups excluding carboxylic acids is 1. The van der Waals surface area contributed by atoms with Crippen molar-refractivity contribution >= 4 is 37.5 Å². The minimum absolute atomic E-state index is 0.108. The second-order valence-electron chi connectivity index (χ2n) is 5.60. The molecule has 0 aliphatic rings. The van der Waals surface area contributed by atoms with Gasteiger partial charge in [0.2, 0.25) is 15.9 Å². The van der Waals surface area contributed by atoms with Gasteiger partial charge in [0.15, 0.2) is 0 Å². The number of sulfonamides is 1. The van der Waals surface area contributed by atoms with Crippen molar-refractivity contribution in [2.24, 2.45) is 0 Å². The van der Waals surface area contributed by atoms with Crippen molar-refractivity contribution in [2.45, 2.75) is 31.7 Å². The molecule has 2 aromatic rings. The molecule has 0 aromatic heterocycles. The number of amides is 1. The minimum Gasteiger partial charge on any atom is -0.324 e. The van der Waals surface area contributed by atoms with Gasteiger partial charge in [0.05, 0.1) is 10.9 Å². The molecular formula is C17H19BrN2O3S. The summed E-state index contributed by atoms with van der Waals surface area (Å²) in [6, 6.07) is 11.0. The van der Waals surface area contributed by atoms with Crippen LogP contribution in [-0.2, 0) is 14.8 Å². The van der Waals surface area contributed by atoms with Gasteiger partial charge in [0, 0.05) is 10.2 Å². The van der Waals surface area contributed by atoms with Gasteiger partial charge in [-0.05, 0) is 56.7 Å². The Morgan fingerprint density at radius 3 is 2.29 bits per heavy atom. The van der Waals surface area contributed by atoms with Crippen LogP contribution in [0.25, 0.3) is 0 Å². The Hall–Kier alpha value is -1.70. The van der Waals surface area contributed by atoms with Crippen molar-refractivity contribution in [2.75, 3.05) is 5.32 Å². The molecular weight excluding hydrogens is 392 g/mol. The van der Waals surface area contributed by atoms with E-state index >= 15 is 0 Å². The summed E-state index contributed by atoms with van der Waals surface area (Å²) in [5, 5.41) is 2.75. The highest BCUT2D eigenvalue weighted by atomic mass is 79.9. The molecule has 0 fully saturated rings. The van der Waals surface area contributed by atoms with Crippen LogP contribution in [0.2, 0.25) is 0 Å². The highest BCUT2D eigenvalue weighted by Crippen LogP contribution is 2.17. The van der Waals surface area contributed by atoms with Crippen molar-refractivity contribution in [3.63, 3.8) is 0 Å². The standard InChI is InChI=1S/C17H19BrN2O3S/c1-11-4-9-16(12(2)10-11)19-17(21)13(3)20-24(22,23)15-7-5-14(18)6-8-15/h4-10,13,20H,1-3H3,(H,19,21)/t13-/m1/s1. The van der Waals surface area contributed by atoms with Crippen LogP contribution >= 0.6 is 15.9 Å². The lowest BCUT2D eigenvalue weighted by Gasteiger charge is -2.16. The van der Waals surface area contributed by atoms with Crippen molar-refractivity contribution in [1.82, 2.24) is 4.72 Å². The molecule has 0 spiro atoms. The van der Waals surface area contributed by atoms with Crippen LogP contribution in [0.5, 0.6) is 0 Å². The molecule has 2 rings (SSSR count). The quantitative estimate of drug-likeness (QED) is 0.792. The van der Waals surface area contributed by atoms with Crippen LogP contribution in [0.15, 0.2) is 51.8 Å². The van der Waals surface area contributed by atoms with Crippen LogP contribution < -0.4 is 10.0 Å². The molecule has 0 radical (unpaired) electrons. The first-order chi connectivity index (χ1) is 11.2. The molecule has 0 heterocycles. The van der Waals surface area contributed by atoms with E-state index < -0.39 is 22.0 Å². The van der Waals surface area contributed by atoms with E-state index in [2.05, 4.69) is 26.0 Å². The summed E-state index contributed by atoms with van der Waals surface area (Å²) in [7, 11) is -3.76. The van der Waals surface area contributed by atoms with E-state index in [0.717, 1.165) is 15.6 Å². The summed E-state index contributed by atoms with van der Waals surface area (Å²) >= 11 is 3.26. The Morgan fingerprint density at radius 2 is 1.71 bits per heavy atom. The Balaban J connectivity index is 2.09. The molecule has 1 atom stereocenters. The van der Waals surface area contributed by atoms with E-state index in [4.69, 9.17) is 0 Å². The van der Waals surface area contributed by atoms with Gasteiger partial charge in [0.25, 0.3) is 0 Å². The van der Waals surface area contributed by atoms with Crippen molar-refractivity contribution in [3.05, 3.63) is 58.1 Å². The number of anilines is 1. The Labute approximate surface area is 150 Å². The molecule has 7 heteroatoms. The number of hydrogen-bond acceptors (Lipinski definition) is 3. The molecule has 0 aliphatic heterocycles. The van der Waals surface area contributed by atoms with Gasteiger partial charge in [-0.3, -0.25) is 4.79 Å². The first-order valence-corrected chi connectivity index (χ1v) is 9.62. The first kappa shape index (κ1) is 18.6. The zero-order chi connectivity index (χ0) is 17.9. The lowest BCUT2D eigenvalue weighted by molar-refractivity contribution is -0.117. The second-order valence-corrected chi connectivity index (χ2v) is 8.23. The van der Waals surface area contributed by atoms with Crippen LogP contribution in [-0.4, -0.2) is 20.4 Å². The molecule has 0 unspecified atom stereocenters. The zero-order valence-electron chi connectivity index (χ0n) is 13.6. The smallest absolute Gasteiger partial charge is 0.242 e. The van der Waals surface area contributed by atoms with E-state index in [9.17, 15) is 13.2 Å². The molecule has 0 bridgehead atoms. The molecule has 0 saturated heterocycles. The van der Waals surface area contributed by atoms with E-state index in [1.165, 1.54) is 19.1 Å². The fraction of sp³-hybridized carbons (Fsp3) is 0.235. The molecule has 1 amide bonds. The molecule has 128 valence electrons. The summed E-state index contributed by atoms with van der Waals surface area (Å²) < 4.78 is 27.8. The Kier molecular flexibility index (Phi) is 5.79. The number of aryl methyl sites for hydroxylation is 2. The zero-order valence-corrected chi connectivity index (χ0v) is 16.0. The normalized spacial score (nSPS) is 12.7.